The molecule has 2 heterocycles. The highest BCUT2D eigenvalue weighted by molar-refractivity contribution is 5.58. The van der Waals surface area contributed by atoms with Crippen LogP contribution in [0.25, 0.3) is 0 Å². The van der Waals surface area contributed by atoms with Crippen molar-refractivity contribution in [2.45, 2.75) is 38.6 Å². The Kier molecular flexibility index (Phi) is 3.49. The van der Waals surface area contributed by atoms with Crippen LogP contribution >= 0.6 is 0 Å². The number of nitrogens with one attached hydrogen (secondary N) is 1. The van der Waals surface area contributed by atoms with Crippen LogP contribution in [0.15, 0.2) is 42.6 Å². The zero-order chi connectivity index (χ0) is 13.1. The summed E-state index contributed by atoms with van der Waals surface area (Å²) in [6.45, 7) is 2.24. The van der Waals surface area contributed by atoms with Gasteiger partial charge in [0, 0.05) is 18.3 Å². The molecular formula is C17H20N2. The number of pyridine rings is 1. The molecule has 0 saturated carbocycles. The summed E-state index contributed by atoms with van der Waals surface area (Å²) in [5.74, 6) is 0. The van der Waals surface area contributed by atoms with Gasteiger partial charge in [0.05, 0.1) is 11.7 Å². The largest absolute Gasteiger partial charge is 0.376 e. The molecular weight excluding hydrogens is 232 g/mol. The van der Waals surface area contributed by atoms with Crippen molar-refractivity contribution in [1.82, 2.24) is 4.98 Å². The summed E-state index contributed by atoms with van der Waals surface area (Å²) in [6.07, 6.45) is 6.64. The summed E-state index contributed by atoms with van der Waals surface area (Å²) >= 11 is 0. The van der Waals surface area contributed by atoms with Crippen LogP contribution in [0.4, 0.5) is 5.69 Å². The third kappa shape index (κ3) is 2.62. The van der Waals surface area contributed by atoms with Crippen molar-refractivity contribution in [3.63, 3.8) is 0 Å². The highest BCUT2D eigenvalue weighted by Gasteiger charge is 2.22. The topological polar surface area (TPSA) is 24.9 Å². The molecule has 0 aliphatic carbocycles. The van der Waals surface area contributed by atoms with E-state index in [9.17, 15) is 0 Å². The molecule has 1 aromatic heterocycles. The Morgan fingerprint density at radius 3 is 3.00 bits per heavy atom. The van der Waals surface area contributed by atoms with Gasteiger partial charge in [0.25, 0.3) is 0 Å². The van der Waals surface area contributed by atoms with Gasteiger partial charge < -0.3 is 5.32 Å². The minimum absolute atomic E-state index is 0.331. The van der Waals surface area contributed by atoms with Gasteiger partial charge in [-0.05, 0) is 42.2 Å². The van der Waals surface area contributed by atoms with Crippen LogP contribution in [0.2, 0.25) is 0 Å². The summed E-state index contributed by atoms with van der Waals surface area (Å²) in [5, 5.41) is 3.57. The average molecular weight is 252 g/mol. The first-order chi connectivity index (χ1) is 9.36. The molecule has 0 saturated heterocycles. The van der Waals surface area contributed by atoms with Gasteiger partial charge in [0.2, 0.25) is 0 Å². The van der Waals surface area contributed by atoms with Crippen molar-refractivity contribution in [3.05, 3.63) is 59.4 Å². The molecule has 2 heteroatoms. The first kappa shape index (κ1) is 12.2. The molecule has 3 rings (SSSR count). The Labute approximate surface area is 114 Å². The molecule has 0 radical (unpaired) electrons. The van der Waals surface area contributed by atoms with E-state index in [1.807, 2.05) is 12.3 Å². The fraction of sp³-hybridized carbons (Fsp3) is 0.353. The third-order valence-corrected chi connectivity index (χ3v) is 3.79. The molecule has 1 N–H and O–H groups in total. The molecule has 1 aliphatic heterocycles. The van der Waals surface area contributed by atoms with Crippen molar-refractivity contribution in [2.24, 2.45) is 0 Å². The van der Waals surface area contributed by atoms with Crippen molar-refractivity contribution < 1.29 is 0 Å². The zero-order valence-electron chi connectivity index (χ0n) is 11.4. The maximum atomic E-state index is 4.45. The maximum Gasteiger partial charge on any atom is 0.0726 e. The van der Waals surface area contributed by atoms with Crippen molar-refractivity contribution in [1.29, 1.82) is 0 Å². The summed E-state index contributed by atoms with van der Waals surface area (Å²) in [7, 11) is 0. The van der Waals surface area contributed by atoms with Gasteiger partial charge in [-0.3, -0.25) is 4.98 Å². The number of hydrogen-bond acceptors (Lipinski definition) is 2. The highest BCUT2D eigenvalue weighted by Crippen LogP contribution is 2.34. The van der Waals surface area contributed by atoms with Crippen LogP contribution < -0.4 is 5.32 Å². The Morgan fingerprint density at radius 1 is 1.26 bits per heavy atom. The van der Waals surface area contributed by atoms with E-state index in [0.717, 1.165) is 12.1 Å². The second kappa shape index (κ2) is 5.43. The molecule has 0 amide bonds. The molecule has 0 bridgehead atoms. The lowest BCUT2D eigenvalue weighted by atomic mass is 10.0. The molecule has 2 aromatic rings. The van der Waals surface area contributed by atoms with Crippen LogP contribution in [0.3, 0.4) is 0 Å². The number of aromatic nitrogens is 1. The fourth-order valence-corrected chi connectivity index (χ4v) is 2.71. The van der Waals surface area contributed by atoms with Gasteiger partial charge in [-0.2, -0.15) is 0 Å². The van der Waals surface area contributed by atoms with Crippen LogP contribution in [0, 0.1) is 0 Å². The molecule has 1 atom stereocenters. The van der Waals surface area contributed by atoms with Crippen LogP contribution in [-0.4, -0.2) is 4.98 Å². The Morgan fingerprint density at radius 2 is 2.21 bits per heavy atom. The number of benzene rings is 1. The van der Waals surface area contributed by atoms with E-state index in [0.29, 0.717) is 6.04 Å². The fourth-order valence-electron chi connectivity index (χ4n) is 2.71. The average Bonchev–Trinajstić information content (AvgIpc) is 2.89. The van der Waals surface area contributed by atoms with E-state index in [1.165, 1.54) is 36.1 Å². The normalized spacial score (nSPS) is 17.0. The van der Waals surface area contributed by atoms with Crippen molar-refractivity contribution >= 4 is 5.69 Å². The monoisotopic (exact) mass is 252 g/mol. The molecule has 19 heavy (non-hydrogen) atoms. The Hall–Kier alpha value is -1.83. The molecule has 1 aromatic carbocycles. The number of unbranched alkanes of at least 4 members (excludes halogenated alkanes) is 1. The lowest BCUT2D eigenvalue weighted by Crippen LogP contribution is -2.07. The molecule has 1 unspecified atom stereocenters. The highest BCUT2D eigenvalue weighted by atomic mass is 15.0. The molecule has 0 fully saturated rings. The number of rotatable bonds is 4. The van der Waals surface area contributed by atoms with E-state index in [4.69, 9.17) is 0 Å². The second-order valence-corrected chi connectivity index (χ2v) is 5.25. The SMILES string of the molecule is CCCCc1ccc2c(c1)CC(c1ccccn1)N2. The Balaban J connectivity index is 1.77. The van der Waals surface area contributed by atoms with Gasteiger partial charge in [-0.1, -0.05) is 31.5 Å². The minimum atomic E-state index is 0.331. The number of anilines is 1. The minimum Gasteiger partial charge on any atom is -0.376 e. The van der Waals surface area contributed by atoms with Gasteiger partial charge >= 0.3 is 0 Å². The molecule has 0 spiro atoms. The standard InChI is InChI=1S/C17H20N2/c1-2-3-6-13-8-9-15-14(11-13)12-17(19-15)16-7-4-5-10-18-16/h4-5,7-11,17,19H,2-3,6,12H2,1H3. The maximum absolute atomic E-state index is 4.45. The van der Waals surface area contributed by atoms with Gasteiger partial charge in [0.1, 0.15) is 0 Å². The van der Waals surface area contributed by atoms with Gasteiger partial charge in [-0.25, -0.2) is 0 Å². The third-order valence-electron chi connectivity index (χ3n) is 3.79. The van der Waals surface area contributed by atoms with Gasteiger partial charge in [0.15, 0.2) is 0 Å². The molecule has 1 aliphatic rings. The Bertz CT molecular complexity index is 548. The quantitative estimate of drug-likeness (QED) is 0.884. The van der Waals surface area contributed by atoms with Crippen LogP contribution in [0.5, 0.6) is 0 Å². The molecule has 98 valence electrons. The first-order valence-corrected chi connectivity index (χ1v) is 7.16. The molecule has 2 nitrogen and oxygen atoms in total. The second-order valence-electron chi connectivity index (χ2n) is 5.25. The van der Waals surface area contributed by atoms with E-state index >= 15 is 0 Å². The van der Waals surface area contributed by atoms with E-state index in [1.54, 1.807) is 0 Å². The predicted octanol–water partition coefficient (Wildman–Crippen LogP) is 4.13. The summed E-state index contributed by atoms with van der Waals surface area (Å²) in [4.78, 5) is 4.45. The van der Waals surface area contributed by atoms with Crippen molar-refractivity contribution in [2.75, 3.05) is 5.32 Å². The van der Waals surface area contributed by atoms with Crippen LogP contribution in [-0.2, 0) is 12.8 Å². The smallest absolute Gasteiger partial charge is 0.0726 e. The number of fused-ring (bicyclic) bond motifs is 1. The lowest BCUT2D eigenvalue weighted by Gasteiger charge is -2.09. The van der Waals surface area contributed by atoms with E-state index in [2.05, 4.69) is 47.6 Å². The van der Waals surface area contributed by atoms with Gasteiger partial charge in [-0.15, -0.1) is 0 Å². The van der Waals surface area contributed by atoms with E-state index in [-0.39, 0.29) is 0 Å². The first-order valence-electron chi connectivity index (χ1n) is 7.16. The van der Waals surface area contributed by atoms with E-state index < -0.39 is 0 Å². The summed E-state index contributed by atoms with van der Waals surface area (Å²) in [5.41, 5.74) is 5.30. The van der Waals surface area contributed by atoms with Crippen molar-refractivity contribution in [3.8, 4) is 0 Å². The lowest BCUT2D eigenvalue weighted by molar-refractivity contribution is 0.782. The summed E-state index contributed by atoms with van der Waals surface area (Å²) in [6, 6.07) is 13.3. The zero-order valence-corrected chi connectivity index (χ0v) is 11.4. The summed E-state index contributed by atoms with van der Waals surface area (Å²) < 4.78 is 0. The number of aryl methyl sites for hydroxylation is 1. The predicted molar refractivity (Wildman–Crippen MR) is 79.4 cm³/mol. The number of nitrogens with zero attached hydrogens (tertiary/aromatic N) is 1. The number of hydrogen-bond donors (Lipinski definition) is 1. The van der Waals surface area contributed by atoms with Crippen LogP contribution in [0.1, 0.15) is 42.6 Å².